The van der Waals surface area contributed by atoms with Gasteiger partial charge in [0.25, 0.3) is 5.91 Å². The molecule has 0 fully saturated rings. The van der Waals surface area contributed by atoms with Crippen molar-refractivity contribution in [3.63, 3.8) is 0 Å². The molecule has 0 unspecified atom stereocenters. The summed E-state index contributed by atoms with van der Waals surface area (Å²) in [4.78, 5) is 16.7. The van der Waals surface area contributed by atoms with Gasteiger partial charge < -0.3 is 20.1 Å². The van der Waals surface area contributed by atoms with Crippen LogP contribution in [0.4, 0.5) is 11.5 Å². The third-order valence-electron chi connectivity index (χ3n) is 4.30. The van der Waals surface area contributed by atoms with E-state index in [1.165, 1.54) is 5.56 Å². The lowest BCUT2D eigenvalue weighted by molar-refractivity contribution is 0.102. The Morgan fingerprint density at radius 3 is 2.55 bits per heavy atom. The Labute approximate surface area is 170 Å². The van der Waals surface area contributed by atoms with Crippen LogP contribution in [0.2, 0.25) is 0 Å². The zero-order valence-electron chi connectivity index (χ0n) is 16.6. The number of aromatic nitrogens is 1. The summed E-state index contributed by atoms with van der Waals surface area (Å²) < 4.78 is 10.6. The van der Waals surface area contributed by atoms with Gasteiger partial charge in [-0.25, -0.2) is 4.98 Å². The molecule has 0 aliphatic heterocycles. The van der Waals surface area contributed by atoms with Gasteiger partial charge >= 0.3 is 0 Å². The van der Waals surface area contributed by atoms with E-state index >= 15 is 0 Å². The van der Waals surface area contributed by atoms with E-state index < -0.39 is 0 Å². The van der Waals surface area contributed by atoms with Gasteiger partial charge in [0.2, 0.25) is 0 Å². The number of carbonyl (C=O) groups excluding carboxylic acids is 1. The lowest BCUT2D eigenvalue weighted by Crippen LogP contribution is -2.13. The Morgan fingerprint density at radius 2 is 1.86 bits per heavy atom. The number of nitrogens with one attached hydrogen (secondary N) is 2. The Hall–Kier alpha value is -3.54. The first-order valence-electron chi connectivity index (χ1n) is 9.55. The van der Waals surface area contributed by atoms with Crippen LogP contribution in [0.25, 0.3) is 0 Å². The van der Waals surface area contributed by atoms with Crippen molar-refractivity contribution < 1.29 is 14.3 Å². The highest BCUT2D eigenvalue weighted by Gasteiger charge is 2.07. The molecule has 0 aliphatic rings. The fourth-order valence-electron chi connectivity index (χ4n) is 2.80. The molecule has 0 aliphatic carbocycles. The molecule has 0 saturated carbocycles. The minimum atomic E-state index is -0.204. The molecule has 3 aromatic rings. The highest BCUT2D eigenvalue weighted by atomic mass is 16.5. The number of benzene rings is 2. The molecule has 0 bridgehead atoms. The molecule has 1 amide bonds. The predicted molar refractivity (Wildman–Crippen MR) is 115 cm³/mol. The van der Waals surface area contributed by atoms with Gasteiger partial charge in [-0.3, -0.25) is 4.79 Å². The number of rotatable bonds is 9. The number of pyridine rings is 1. The largest absolute Gasteiger partial charge is 0.497 e. The second-order valence-corrected chi connectivity index (χ2v) is 6.37. The molecule has 0 atom stereocenters. The van der Waals surface area contributed by atoms with Crippen molar-refractivity contribution in [3.8, 4) is 11.5 Å². The SMILES string of the molecule is CCOc1ccc(NC(=O)c2ccc(NCCc3cccc(OC)c3)nc2)cc1. The molecule has 0 saturated heterocycles. The molecule has 1 aromatic heterocycles. The quantitative estimate of drug-likeness (QED) is 0.566. The fourth-order valence-corrected chi connectivity index (χ4v) is 2.80. The van der Waals surface area contributed by atoms with E-state index in [0.717, 1.165) is 30.3 Å². The molecular formula is C23H25N3O3. The average molecular weight is 391 g/mol. The van der Waals surface area contributed by atoms with Gasteiger partial charge in [0.1, 0.15) is 17.3 Å². The maximum absolute atomic E-state index is 12.4. The number of methoxy groups -OCH3 is 1. The van der Waals surface area contributed by atoms with Crippen molar-refractivity contribution >= 4 is 17.4 Å². The lowest BCUT2D eigenvalue weighted by Gasteiger charge is -2.09. The number of nitrogens with zero attached hydrogens (tertiary/aromatic N) is 1. The van der Waals surface area contributed by atoms with Crippen LogP contribution >= 0.6 is 0 Å². The van der Waals surface area contributed by atoms with Gasteiger partial charge in [0.15, 0.2) is 0 Å². The van der Waals surface area contributed by atoms with Crippen molar-refractivity contribution in [1.82, 2.24) is 4.98 Å². The highest BCUT2D eigenvalue weighted by molar-refractivity contribution is 6.04. The number of amides is 1. The third kappa shape index (κ3) is 5.97. The highest BCUT2D eigenvalue weighted by Crippen LogP contribution is 2.17. The Balaban J connectivity index is 1.50. The van der Waals surface area contributed by atoms with E-state index in [1.807, 2.05) is 49.4 Å². The first-order valence-corrected chi connectivity index (χ1v) is 9.55. The van der Waals surface area contributed by atoms with E-state index in [-0.39, 0.29) is 5.91 Å². The molecule has 29 heavy (non-hydrogen) atoms. The van der Waals surface area contributed by atoms with Crippen LogP contribution < -0.4 is 20.1 Å². The first-order chi connectivity index (χ1) is 14.2. The molecule has 2 N–H and O–H groups in total. The number of hydrogen-bond acceptors (Lipinski definition) is 5. The van der Waals surface area contributed by atoms with Gasteiger partial charge in [-0.1, -0.05) is 12.1 Å². The Bertz CT molecular complexity index is 925. The monoisotopic (exact) mass is 391 g/mol. The molecule has 0 radical (unpaired) electrons. The van der Waals surface area contributed by atoms with Crippen LogP contribution in [0.5, 0.6) is 11.5 Å². The van der Waals surface area contributed by atoms with Crippen LogP contribution in [0.15, 0.2) is 66.9 Å². The van der Waals surface area contributed by atoms with Gasteiger partial charge in [-0.15, -0.1) is 0 Å². The third-order valence-corrected chi connectivity index (χ3v) is 4.30. The number of hydrogen-bond donors (Lipinski definition) is 2. The molecule has 0 spiro atoms. The van der Waals surface area contributed by atoms with Crippen molar-refractivity contribution in [3.05, 3.63) is 78.0 Å². The Morgan fingerprint density at radius 1 is 1.03 bits per heavy atom. The molecule has 2 aromatic carbocycles. The second kappa shape index (κ2) is 10.1. The van der Waals surface area contributed by atoms with E-state index in [2.05, 4.69) is 21.7 Å². The summed E-state index contributed by atoms with van der Waals surface area (Å²) in [5.41, 5.74) is 2.39. The van der Waals surface area contributed by atoms with Gasteiger partial charge in [0.05, 0.1) is 19.3 Å². The average Bonchev–Trinajstić information content (AvgIpc) is 2.76. The molecule has 6 nitrogen and oxygen atoms in total. The van der Waals surface area contributed by atoms with Gasteiger partial charge in [0, 0.05) is 18.4 Å². The van der Waals surface area contributed by atoms with Gasteiger partial charge in [-0.05, 0) is 67.4 Å². The topological polar surface area (TPSA) is 72.5 Å². The van der Waals surface area contributed by atoms with Crippen LogP contribution in [0, 0.1) is 0 Å². The van der Waals surface area contributed by atoms with Crippen molar-refractivity contribution in [1.29, 1.82) is 0 Å². The zero-order chi connectivity index (χ0) is 20.5. The summed E-state index contributed by atoms with van der Waals surface area (Å²) in [5, 5.41) is 6.12. The van der Waals surface area contributed by atoms with Crippen molar-refractivity contribution in [2.75, 3.05) is 30.9 Å². The normalized spacial score (nSPS) is 10.3. The summed E-state index contributed by atoms with van der Waals surface area (Å²) in [6.07, 6.45) is 2.41. The fraction of sp³-hybridized carbons (Fsp3) is 0.217. The summed E-state index contributed by atoms with van der Waals surface area (Å²) in [5.74, 6) is 2.15. The summed E-state index contributed by atoms with van der Waals surface area (Å²) in [6.45, 7) is 3.27. The smallest absolute Gasteiger partial charge is 0.257 e. The number of anilines is 2. The second-order valence-electron chi connectivity index (χ2n) is 6.37. The number of carbonyl (C=O) groups is 1. The maximum Gasteiger partial charge on any atom is 0.257 e. The number of ether oxygens (including phenoxy) is 2. The van der Waals surface area contributed by atoms with Gasteiger partial charge in [-0.2, -0.15) is 0 Å². The predicted octanol–water partition coefficient (Wildman–Crippen LogP) is 4.40. The van der Waals surface area contributed by atoms with Crippen LogP contribution in [0.1, 0.15) is 22.8 Å². The molecular weight excluding hydrogens is 366 g/mol. The minimum absolute atomic E-state index is 0.204. The lowest BCUT2D eigenvalue weighted by atomic mass is 10.1. The summed E-state index contributed by atoms with van der Waals surface area (Å²) in [7, 11) is 1.66. The summed E-state index contributed by atoms with van der Waals surface area (Å²) >= 11 is 0. The maximum atomic E-state index is 12.4. The van der Waals surface area contributed by atoms with Crippen molar-refractivity contribution in [2.45, 2.75) is 13.3 Å². The molecule has 1 heterocycles. The van der Waals surface area contributed by atoms with E-state index in [9.17, 15) is 4.79 Å². The Kier molecular flexibility index (Phi) is 7.05. The van der Waals surface area contributed by atoms with Crippen LogP contribution in [-0.2, 0) is 6.42 Å². The standard InChI is InChI=1S/C23H25N3O3/c1-3-29-20-10-8-19(9-11-20)26-23(27)18-7-12-22(25-16-18)24-14-13-17-5-4-6-21(15-17)28-2/h4-12,15-16H,3,13-14H2,1-2H3,(H,24,25)(H,26,27). The zero-order valence-corrected chi connectivity index (χ0v) is 16.6. The van der Waals surface area contributed by atoms with Crippen LogP contribution in [0.3, 0.4) is 0 Å². The molecule has 6 heteroatoms. The van der Waals surface area contributed by atoms with E-state index in [4.69, 9.17) is 9.47 Å². The first kappa shape index (κ1) is 20.2. The molecule has 150 valence electrons. The summed E-state index contributed by atoms with van der Waals surface area (Å²) in [6, 6.07) is 18.8. The minimum Gasteiger partial charge on any atom is -0.497 e. The van der Waals surface area contributed by atoms with E-state index in [1.54, 1.807) is 25.4 Å². The van der Waals surface area contributed by atoms with E-state index in [0.29, 0.717) is 17.9 Å². The van der Waals surface area contributed by atoms with Crippen LogP contribution in [-0.4, -0.2) is 31.2 Å². The van der Waals surface area contributed by atoms with Crippen molar-refractivity contribution in [2.24, 2.45) is 0 Å². The molecule has 3 rings (SSSR count).